The number of amides is 1. The van der Waals surface area contributed by atoms with Crippen LogP contribution in [0.3, 0.4) is 0 Å². The van der Waals surface area contributed by atoms with E-state index in [1.54, 1.807) is 32.1 Å². The highest BCUT2D eigenvalue weighted by atomic mass is 32.2. The van der Waals surface area contributed by atoms with Crippen molar-refractivity contribution in [2.24, 2.45) is 0 Å². The Morgan fingerprint density at radius 2 is 2.30 bits per heavy atom. The molecule has 1 aromatic heterocycles. The summed E-state index contributed by atoms with van der Waals surface area (Å²) in [7, 11) is 0. The molecular weight excluding hydrogens is 298 g/mol. The zero-order chi connectivity index (χ0) is 14.9. The van der Waals surface area contributed by atoms with Gasteiger partial charge in [0.1, 0.15) is 21.9 Å². The number of hydrogen-bond donors (Lipinski definition) is 1. The molecule has 0 aromatic carbocycles. The van der Waals surface area contributed by atoms with Crippen LogP contribution >= 0.6 is 24.0 Å². The van der Waals surface area contributed by atoms with E-state index in [1.807, 2.05) is 0 Å². The molecular formula is C13H13NO4S2. The number of carbonyl (C=O) groups is 2. The van der Waals surface area contributed by atoms with Crippen molar-refractivity contribution >= 4 is 46.3 Å². The lowest BCUT2D eigenvalue weighted by Gasteiger charge is -2.21. The SMILES string of the molecule is CCC(C(=O)O)N1C(=O)/C(=C/c2ccc(C)o2)SC1=S. The average Bonchev–Trinajstić information content (AvgIpc) is 2.89. The van der Waals surface area contributed by atoms with Crippen LogP contribution in [0.2, 0.25) is 0 Å². The van der Waals surface area contributed by atoms with Crippen LogP contribution in [-0.2, 0) is 9.59 Å². The van der Waals surface area contributed by atoms with Crippen LogP contribution in [-0.4, -0.2) is 32.2 Å². The molecule has 1 fully saturated rings. The van der Waals surface area contributed by atoms with Gasteiger partial charge in [0.05, 0.1) is 4.91 Å². The maximum Gasteiger partial charge on any atom is 0.326 e. The lowest BCUT2D eigenvalue weighted by Crippen LogP contribution is -2.43. The molecule has 2 rings (SSSR count). The summed E-state index contributed by atoms with van der Waals surface area (Å²) >= 11 is 6.20. The molecule has 0 aliphatic carbocycles. The minimum atomic E-state index is -1.06. The van der Waals surface area contributed by atoms with E-state index in [0.29, 0.717) is 17.1 Å². The Labute approximate surface area is 125 Å². The number of nitrogens with zero attached hydrogens (tertiary/aromatic N) is 1. The van der Waals surface area contributed by atoms with Crippen molar-refractivity contribution in [3.05, 3.63) is 28.6 Å². The van der Waals surface area contributed by atoms with Crippen LogP contribution in [0.5, 0.6) is 0 Å². The summed E-state index contributed by atoms with van der Waals surface area (Å²) < 4.78 is 5.64. The third kappa shape index (κ3) is 2.78. The number of carboxylic acids is 1. The van der Waals surface area contributed by atoms with Crippen molar-refractivity contribution in [1.29, 1.82) is 0 Å². The van der Waals surface area contributed by atoms with Crippen LogP contribution in [0.25, 0.3) is 6.08 Å². The average molecular weight is 311 g/mol. The Kier molecular flexibility index (Phi) is 4.29. The number of aryl methyl sites for hydroxylation is 1. The normalized spacial score (nSPS) is 18.9. The highest BCUT2D eigenvalue weighted by Crippen LogP contribution is 2.34. The van der Waals surface area contributed by atoms with Crippen LogP contribution in [0.4, 0.5) is 0 Å². The zero-order valence-electron chi connectivity index (χ0n) is 11.0. The molecule has 1 saturated heterocycles. The van der Waals surface area contributed by atoms with Gasteiger partial charge >= 0.3 is 5.97 Å². The molecule has 0 saturated carbocycles. The molecule has 1 amide bonds. The number of hydrogen-bond acceptors (Lipinski definition) is 5. The quantitative estimate of drug-likeness (QED) is 0.681. The van der Waals surface area contributed by atoms with Gasteiger partial charge < -0.3 is 9.52 Å². The molecule has 0 radical (unpaired) electrons. The fraction of sp³-hybridized carbons (Fsp3) is 0.308. The van der Waals surface area contributed by atoms with E-state index in [9.17, 15) is 9.59 Å². The van der Waals surface area contributed by atoms with Gasteiger partial charge in [-0.25, -0.2) is 4.79 Å². The molecule has 106 valence electrons. The van der Waals surface area contributed by atoms with Crippen molar-refractivity contribution in [1.82, 2.24) is 4.90 Å². The topological polar surface area (TPSA) is 70.8 Å². The monoisotopic (exact) mass is 311 g/mol. The van der Waals surface area contributed by atoms with E-state index in [0.717, 1.165) is 22.4 Å². The van der Waals surface area contributed by atoms with E-state index in [2.05, 4.69) is 0 Å². The molecule has 1 unspecified atom stereocenters. The predicted octanol–water partition coefficient (Wildman–Crippen LogP) is 2.65. The number of furan rings is 1. The molecule has 0 spiro atoms. The molecule has 1 aliphatic heterocycles. The van der Waals surface area contributed by atoms with Gasteiger partial charge in [0, 0.05) is 6.08 Å². The summed E-state index contributed by atoms with van der Waals surface area (Å²) in [5, 5.41) is 9.15. The standard InChI is InChI=1S/C13H13NO4S2/c1-3-9(12(16)17)14-11(15)10(20-13(14)19)6-8-5-4-7(2)18-8/h4-6,9H,3H2,1-2H3,(H,16,17)/b10-6-. The Balaban J connectivity index is 2.29. The van der Waals surface area contributed by atoms with Gasteiger partial charge in [-0.15, -0.1) is 0 Å². The van der Waals surface area contributed by atoms with Crippen LogP contribution in [0.15, 0.2) is 21.5 Å². The van der Waals surface area contributed by atoms with E-state index < -0.39 is 12.0 Å². The molecule has 0 bridgehead atoms. The van der Waals surface area contributed by atoms with Crippen molar-refractivity contribution < 1.29 is 19.1 Å². The number of aliphatic carboxylic acids is 1. The van der Waals surface area contributed by atoms with Gasteiger partial charge in [-0.1, -0.05) is 30.9 Å². The van der Waals surface area contributed by atoms with Crippen molar-refractivity contribution in [2.75, 3.05) is 0 Å². The molecule has 1 atom stereocenters. The number of carboxylic acid groups (broad SMARTS) is 1. The predicted molar refractivity (Wildman–Crippen MR) is 80.2 cm³/mol. The van der Waals surface area contributed by atoms with E-state index in [1.165, 1.54) is 0 Å². The third-order valence-electron chi connectivity index (χ3n) is 2.84. The lowest BCUT2D eigenvalue weighted by molar-refractivity contribution is -0.145. The fourth-order valence-corrected chi connectivity index (χ4v) is 3.21. The first-order valence-electron chi connectivity index (χ1n) is 6.00. The van der Waals surface area contributed by atoms with Crippen LogP contribution in [0.1, 0.15) is 24.9 Å². The summed E-state index contributed by atoms with van der Waals surface area (Å²) in [5.41, 5.74) is 0. The Morgan fingerprint density at radius 3 is 2.80 bits per heavy atom. The molecule has 1 aliphatic rings. The maximum absolute atomic E-state index is 12.3. The first kappa shape index (κ1) is 14.8. The van der Waals surface area contributed by atoms with Crippen molar-refractivity contribution in [2.45, 2.75) is 26.3 Å². The fourth-order valence-electron chi connectivity index (χ4n) is 1.88. The largest absolute Gasteiger partial charge is 0.480 e. The van der Waals surface area contributed by atoms with Gasteiger partial charge in [-0.3, -0.25) is 9.69 Å². The Hall–Kier alpha value is -1.60. The second kappa shape index (κ2) is 5.80. The second-order valence-corrected chi connectivity index (χ2v) is 5.94. The smallest absolute Gasteiger partial charge is 0.326 e. The van der Waals surface area contributed by atoms with Gasteiger partial charge in [0.2, 0.25) is 0 Å². The molecule has 5 nitrogen and oxygen atoms in total. The molecule has 2 heterocycles. The number of thiocarbonyl (C=S) groups is 1. The van der Waals surface area contributed by atoms with Gasteiger partial charge in [-0.05, 0) is 25.5 Å². The molecule has 1 N–H and O–H groups in total. The molecule has 20 heavy (non-hydrogen) atoms. The van der Waals surface area contributed by atoms with Crippen molar-refractivity contribution in [3.8, 4) is 0 Å². The molecule has 1 aromatic rings. The van der Waals surface area contributed by atoms with Crippen LogP contribution < -0.4 is 0 Å². The van der Waals surface area contributed by atoms with E-state index >= 15 is 0 Å². The minimum Gasteiger partial charge on any atom is -0.480 e. The second-order valence-electron chi connectivity index (χ2n) is 4.26. The van der Waals surface area contributed by atoms with Gasteiger partial charge in [-0.2, -0.15) is 0 Å². The summed E-state index contributed by atoms with van der Waals surface area (Å²) in [5.74, 6) is -0.155. The van der Waals surface area contributed by atoms with Crippen molar-refractivity contribution in [3.63, 3.8) is 0 Å². The van der Waals surface area contributed by atoms with Gasteiger partial charge in [0.25, 0.3) is 5.91 Å². The first-order valence-corrected chi connectivity index (χ1v) is 7.22. The summed E-state index contributed by atoms with van der Waals surface area (Å²) in [6.07, 6.45) is 1.88. The number of carbonyl (C=O) groups excluding carboxylic acids is 1. The lowest BCUT2D eigenvalue weighted by atomic mass is 10.2. The van der Waals surface area contributed by atoms with E-state index in [-0.39, 0.29) is 10.2 Å². The zero-order valence-corrected chi connectivity index (χ0v) is 12.6. The van der Waals surface area contributed by atoms with Gasteiger partial charge in [0.15, 0.2) is 0 Å². The van der Waals surface area contributed by atoms with Crippen LogP contribution in [0, 0.1) is 6.92 Å². The highest BCUT2D eigenvalue weighted by molar-refractivity contribution is 8.26. The Morgan fingerprint density at radius 1 is 1.60 bits per heavy atom. The Bertz CT molecular complexity index is 605. The minimum absolute atomic E-state index is 0.263. The highest BCUT2D eigenvalue weighted by Gasteiger charge is 2.39. The number of thioether (sulfide) groups is 1. The maximum atomic E-state index is 12.3. The van der Waals surface area contributed by atoms with E-state index in [4.69, 9.17) is 21.7 Å². The summed E-state index contributed by atoms with van der Waals surface area (Å²) in [4.78, 5) is 25.0. The third-order valence-corrected chi connectivity index (χ3v) is 4.17. The first-order chi connectivity index (χ1) is 9.43. The summed E-state index contributed by atoms with van der Waals surface area (Å²) in [6.45, 7) is 3.51. The number of rotatable bonds is 4. The summed E-state index contributed by atoms with van der Waals surface area (Å²) in [6, 6.07) is 2.61. The molecule has 7 heteroatoms.